The van der Waals surface area contributed by atoms with E-state index in [4.69, 9.17) is 5.73 Å². The molecule has 0 aliphatic carbocycles. The molecule has 84 valence electrons. The van der Waals surface area contributed by atoms with Crippen molar-refractivity contribution in [2.45, 2.75) is 25.7 Å². The topological polar surface area (TPSA) is 35.2 Å². The van der Waals surface area contributed by atoms with Crippen LogP contribution in [0.15, 0.2) is 24.3 Å². The van der Waals surface area contributed by atoms with Crippen molar-refractivity contribution in [1.82, 2.24) is 0 Å². The van der Waals surface area contributed by atoms with Gasteiger partial charge in [-0.1, -0.05) is 12.1 Å². The van der Waals surface area contributed by atoms with E-state index >= 15 is 0 Å². The molecule has 0 aliphatic heterocycles. The molecule has 0 bridgehead atoms. The van der Waals surface area contributed by atoms with Crippen LogP contribution in [0, 0.1) is 0 Å². The predicted octanol–water partition coefficient (Wildman–Crippen LogP) is 2.47. The minimum atomic E-state index is -4.64. The van der Waals surface area contributed by atoms with Crippen LogP contribution in [-0.2, 0) is 6.42 Å². The lowest BCUT2D eigenvalue weighted by molar-refractivity contribution is -0.274. The quantitative estimate of drug-likeness (QED) is 0.847. The van der Waals surface area contributed by atoms with Gasteiger partial charge in [0.25, 0.3) is 0 Å². The third-order valence-electron chi connectivity index (χ3n) is 1.71. The largest absolute Gasteiger partial charge is 0.573 e. The van der Waals surface area contributed by atoms with Gasteiger partial charge in [0, 0.05) is 6.04 Å². The van der Waals surface area contributed by atoms with Crippen LogP contribution in [0.1, 0.15) is 12.5 Å². The van der Waals surface area contributed by atoms with Crippen molar-refractivity contribution in [2.75, 3.05) is 0 Å². The molecule has 1 aromatic rings. The van der Waals surface area contributed by atoms with Crippen molar-refractivity contribution in [2.24, 2.45) is 5.73 Å². The molecule has 0 heterocycles. The highest BCUT2D eigenvalue weighted by atomic mass is 19.4. The normalized spacial score (nSPS) is 13.7. The van der Waals surface area contributed by atoms with Gasteiger partial charge in [-0.3, -0.25) is 0 Å². The van der Waals surface area contributed by atoms with Crippen LogP contribution in [-0.4, -0.2) is 12.4 Å². The summed E-state index contributed by atoms with van der Waals surface area (Å²) in [6, 6.07) is 5.70. The zero-order valence-electron chi connectivity index (χ0n) is 8.21. The Bertz CT molecular complexity index is 305. The zero-order valence-corrected chi connectivity index (χ0v) is 8.21. The van der Waals surface area contributed by atoms with Crippen molar-refractivity contribution in [3.63, 3.8) is 0 Å². The van der Waals surface area contributed by atoms with Gasteiger partial charge in [-0.05, 0) is 31.0 Å². The van der Waals surface area contributed by atoms with E-state index < -0.39 is 6.36 Å². The standard InChI is InChI=1S/C10H12F3NO/c1-7(14)6-8-2-4-9(5-3-8)15-10(11,12)13/h2-5,7H,6,14H2,1H3/t7-/m0/s1. The van der Waals surface area contributed by atoms with E-state index in [0.717, 1.165) is 5.56 Å². The fraction of sp³-hybridized carbons (Fsp3) is 0.400. The number of hydrogen-bond donors (Lipinski definition) is 1. The summed E-state index contributed by atoms with van der Waals surface area (Å²) in [7, 11) is 0. The molecular formula is C10H12F3NO. The Kier molecular flexibility index (Phi) is 3.57. The highest BCUT2D eigenvalue weighted by molar-refractivity contribution is 5.27. The van der Waals surface area contributed by atoms with E-state index in [-0.39, 0.29) is 11.8 Å². The zero-order chi connectivity index (χ0) is 11.5. The molecule has 0 unspecified atom stereocenters. The van der Waals surface area contributed by atoms with Gasteiger partial charge in [0.2, 0.25) is 0 Å². The van der Waals surface area contributed by atoms with Crippen molar-refractivity contribution >= 4 is 0 Å². The molecule has 0 spiro atoms. The van der Waals surface area contributed by atoms with Crippen molar-refractivity contribution in [3.8, 4) is 5.75 Å². The lowest BCUT2D eigenvalue weighted by Crippen LogP contribution is -2.18. The molecule has 0 amide bonds. The first-order chi connectivity index (χ1) is 6.87. The monoisotopic (exact) mass is 219 g/mol. The Morgan fingerprint density at radius 2 is 1.80 bits per heavy atom. The Labute approximate surface area is 85.8 Å². The second-order valence-corrected chi connectivity index (χ2v) is 3.37. The molecule has 0 radical (unpaired) electrons. The first kappa shape index (κ1) is 11.8. The summed E-state index contributed by atoms with van der Waals surface area (Å²) in [6.07, 6.45) is -4.00. The minimum Gasteiger partial charge on any atom is -0.406 e. The summed E-state index contributed by atoms with van der Waals surface area (Å²) < 4.78 is 39.2. The number of halogens is 3. The van der Waals surface area contributed by atoms with E-state index in [1.54, 1.807) is 12.1 Å². The number of alkyl halides is 3. The number of hydrogen-bond acceptors (Lipinski definition) is 2. The van der Waals surface area contributed by atoms with Crippen LogP contribution in [0.4, 0.5) is 13.2 Å². The predicted molar refractivity (Wildman–Crippen MR) is 50.5 cm³/mol. The lowest BCUT2D eigenvalue weighted by Gasteiger charge is -2.10. The van der Waals surface area contributed by atoms with Gasteiger partial charge in [0.05, 0.1) is 0 Å². The highest BCUT2D eigenvalue weighted by Crippen LogP contribution is 2.22. The second-order valence-electron chi connectivity index (χ2n) is 3.37. The smallest absolute Gasteiger partial charge is 0.406 e. The van der Waals surface area contributed by atoms with Crippen molar-refractivity contribution in [3.05, 3.63) is 29.8 Å². The van der Waals surface area contributed by atoms with Crippen LogP contribution in [0.3, 0.4) is 0 Å². The fourth-order valence-corrected chi connectivity index (χ4v) is 1.20. The van der Waals surface area contributed by atoms with Gasteiger partial charge in [-0.2, -0.15) is 0 Å². The van der Waals surface area contributed by atoms with Crippen LogP contribution >= 0.6 is 0 Å². The number of nitrogens with two attached hydrogens (primary N) is 1. The van der Waals surface area contributed by atoms with Crippen molar-refractivity contribution in [1.29, 1.82) is 0 Å². The first-order valence-electron chi connectivity index (χ1n) is 4.47. The molecule has 0 aromatic heterocycles. The van der Waals surface area contributed by atoms with E-state index in [1.165, 1.54) is 12.1 Å². The Balaban J connectivity index is 2.64. The van der Waals surface area contributed by atoms with E-state index in [1.807, 2.05) is 6.92 Å². The fourth-order valence-electron chi connectivity index (χ4n) is 1.20. The summed E-state index contributed by atoms with van der Waals surface area (Å²) in [6.45, 7) is 1.83. The van der Waals surface area contributed by atoms with Gasteiger partial charge >= 0.3 is 6.36 Å². The molecule has 0 saturated carbocycles. The van der Waals surface area contributed by atoms with Crippen molar-refractivity contribution < 1.29 is 17.9 Å². The summed E-state index contributed by atoms with van der Waals surface area (Å²) in [5.41, 5.74) is 6.44. The van der Waals surface area contributed by atoms with Gasteiger partial charge < -0.3 is 10.5 Å². The molecule has 2 N–H and O–H groups in total. The Morgan fingerprint density at radius 1 is 1.27 bits per heavy atom. The minimum absolute atomic E-state index is 0.0145. The maximum Gasteiger partial charge on any atom is 0.573 e. The third kappa shape index (κ3) is 4.69. The molecule has 5 heteroatoms. The number of ether oxygens (including phenoxy) is 1. The summed E-state index contributed by atoms with van der Waals surface area (Å²) in [5.74, 6) is -0.212. The van der Waals surface area contributed by atoms with Crippen LogP contribution in [0.25, 0.3) is 0 Å². The lowest BCUT2D eigenvalue weighted by atomic mass is 10.1. The average molecular weight is 219 g/mol. The molecule has 0 saturated heterocycles. The van der Waals surface area contributed by atoms with Gasteiger partial charge in [0.15, 0.2) is 0 Å². The Hall–Kier alpha value is -1.23. The van der Waals surface area contributed by atoms with Gasteiger partial charge in [-0.25, -0.2) is 0 Å². The highest BCUT2D eigenvalue weighted by Gasteiger charge is 2.30. The molecule has 15 heavy (non-hydrogen) atoms. The average Bonchev–Trinajstić information content (AvgIpc) is 2.05. The molecule has 1 atom stereocenters. The third-order valence-corrected chi connectivity index (χ3v) is 1.71. The van der Waals surface area contributed by atoms with Crippen LogP contribution in [0.5, 0.6) is 5.75 Å². The van der Waals surface area contributed by atoms with Gasteiger partial charge in [0.1, 0.15) is 5.75 Å². The van der Waals surface area contributed by atoms with Crippen LogP contribution in [0.2, 0.25) is 0 Å². The van der Waals surface area contributed by atoms with Gasteiger partial charge in [-0.15, -0.1) is 13.2 Å². The van der Waals surface area contributed by atoms with E-state index in [0.29, 0.717) is 6.42 Å². The maximum atomic E-state index is 11.8. The molecule has 0 fully saturated rings. The molecular weight excluding hydrogens is 207 g/mol. The maximum absolute atomic E-state index is 11.8. The molecule has 0 aliphatic rings. The van der Waals surface area contributed by atoms with Crippen LogP contribution < -0.4 is 10.5 Å². The first-order valence-corrected chi connectivity index (χ1v) is 4.47. The summed E-state index contributed by atoms with van der Waals surface area (Å²) >= 11 is 0. The van der Waals surface area contributed by atoms with E-state index in [9.17, 15) is 13.2 Å². The Morgan fingerprint density at radius 3 is 2.20 bits per heavy atom. The SMILES string of the molecule is C[C@H](N)Cc1ccc(OC(F)(F)F)cc1. The number of benzene rings is 1. The molecule has 1 aromatic carbocycles. The molecule has 2 nitrogen and oxygen atoms in total. The molecule has 1 rings (SSSR count). The summed E-state index contributed by atoms with van der Waals surface area (Å²) in [5, 5.41) is 0. The van der Waals surface area contributed by atoms with E-state index in [2.05, 4.69) is 4.74 Å². The number of rotatable bonds is 3. The summed E-state index contributed by atoms with van der Waals surface area (Å²) in [4.78, 5) is 0. The second kappa shape index (κ2) is 4.53.